The first-order valence-corrected chi connectivity index (χ1v) is 3.85. The van der Waals surface area contributed by atoms with E-state index >= 15 is 0 Å². The van der Waals surface area contributed by atoms with E-state index in [-0.39, 0.29) is 5.84 Å². The number of benzene rings is 1. The molecule has 3 N–H and O–H groups in total. The first-order chi connectivity index (χ1) is 6.69. The highest BCUT2D eigenvalue weighted by Gasteiger charge is 2.07. The largest absolute Gasteiger partial charge is 0.465 e. The molecule has 0 spiro atoms. The van der Waals surface area contributed by atoms with Gasteiger partial charge < -0.3 is 15.7 Å². The van der Waals surface area contributed by atoms with E-state index in [0.29, 0.717) is 11.1 Å². The van der Waals surface area contributed by atoms with Crippen molar-refractivity contribution in [2.75, 3.05) is 7.11 Å². The third-order valence-corrected chi connectivity index (χ3v) is 1.69. The highest BCUT2D eigenvalue weighted by Crippen LogP contribution is 2.06. The van der Waals surface area contributed by atoms with Crippen molar-refractivity contribution in [1.82, 2.24) is 0 Å². The minimum atomic E-state index is -0.461. The van der Waals surface area contributed by atoms with E-state index in [1.807, 2.05) is 0 Å². The van der Waals surface area contributed by atoms with Crippen molar-refractivity contribution in [2.45, 2.75) is 0 Å². The Hall–Kier alpha value is -2.04. The molecule has 0 aliphatic rings. The monoisotopic (exact) mass is 194 g/mol. The zero-order chi connectivity index (χ0) is 10.6. The van der Waals surface area contributed by atoms with Gasteiger partial charge in [0.15, 0.2) is 5.84 Å². The lowest BCUT2D eigenvalue weighted by Crippen LogP contribution is -2.14. The summed E-state index contributed by atoms with van der Waals surface area (Å²) in [6, 6.07) is 6.32. The van der Waals surface area contributed by atoms with Gasteiger partial charge in [0.2, 0.25) is 0 Å². The van der Waals surface area contributed by atoms with E-state index in [9.17, 15) is 4.79 Å². The van der Waals surface area contributed by atoms with Crippen LogP contribution in [0.4, 0.5) is 0 Å². The maximum Gasteiger partial charge on any atom is 0.337 e. The third kappa shape index (κ3) is 2.01. The molecule has 0 aliphatic carbocycles. The van der Waals surface area contributed by atoms with Gasteiger partial charge in [-0.2, -0.15) is 0 Å². The molecule has 0 unspecified atom stereocenters. The van der Waals surface area contributed by atoms with Crippen LogP contribution in [0.25, 0.3) is 0 Å². The molecule has 0 amide bonds. The maximum atomic E-state index is 11.1. The van der Waals surface area contributed by atoms with Gasteiger partial charge >= 0.3 is 5.97 Å². The number of nitrogens with zero attached hydrogens (tertiary/aromatic N) is 1. The number of ether oxygens (including phenoxy) is 1. The molecule has 5 heteroatoms. The van der Waals surface area contributed by atoms with Crippen molar-refractivity contribution in [1.29, 1.82) is 0 Å². The third-order valence-electron chi connectivity index (χ3n) is 1.69. The molecule has 0 aliphatic heterocycles. The van der Waals surface area contributed by atoms with Crippen LogP contribution in [0.5, 0.6) is 0 Å². The van der Waals surface area contributed by atoms with Gasteiger partial charge in [-0.15, -0.1) is 0 Å². The molecule has 0 saturated carbocycles. The average molecular weight is 194 g/mol. The molecule has 0 bridgehead atoms. The Morgan fingerprint density at radius 2 is 2.14 bits per heavy atom. The van der Waals surface area contributed by atoms with E-state index in [1.54, 1.807) is 18.2 Å². The number of rotatable bonds is 2. The number of nitrogens with two attached hydrogens (primary N) is 1. The molecule has 74 valence electrons. The fraction of sp³-hybridized carbons (Fsp3) is 0.111. The van der Waals surface area contributed by atoms with Crippen molar-refractivity contribution in [3.05, 3.63) is 35.4 Å². The standard InChI is InChI=1S/C9H10N2O3/c1-14-9(12)7-4-2-3-6(5-7)8(10)11-13/h2-5,13H,1H3,(H2,10,11). The molecule has 1 rings (SSSR count). The van der Waals surface area contributed by atoms with Crippen molar-refractivity contribution < 1.29 is 14.7 Å². The molecular weight excluding hydrogens is 184 g/mol. The van der Waals surface area contributed by atoms with E-state index in [2.05, 4.69) is 9.89 Å². The topological polar surface area (TPSA) is 84.9 Å². The number of carbonyl (C=O) groups excluding carboxylic acids is 1. The first-order valence-electron chi connectivity index (χ1n) is 3.85. The molecule has 1 aromatic rings. The lowest BCUT2D eigenvalue weighted by Gasteiger charge is -2.01. The second-order valence-electron chi connectivity index (χ2n) is 2.56. The molecule has 0 atom stereocenters. The molecule has 0 heterocycles. The highest BCUT2D eigenvalue weighted by molar-refractivity contribution is 5.99. The van der Waals surface area contributed by atoms with Gasteiger partial charge in [-0.25, -0.2) is 4.79 Å². The molecular formula is C9H10N2O3. The molecule has 14 heavy (non-hydrogen) atoms. The number of methoxy groups -OCH3 is 1. The Kier molecular flexibility index (Phi) is 3.06. The molecule has 1 aromatic carbocycles. The predicted molar refractivity (Wildman–Crippen MR) is 50.3 cm³/mol. The summed E-state index contributed by atoms with van der Waals surface area (Å²) in [5.41, 5.74) is 6.18. The summed E-state index contributed by atoms with van der Waals surface area (Å²) in [6.45, 7) is 0. The van der Waals surface area contributed by atoms with Crippen LogP contribution in [0, 0.1) is 0 Å². The molecule has 0 radical (unpaired) electrons. The second-order valence-corrected chi connectivity index (χ2v) is 2.56. The van der Waals surface area contributed by atoms with Gasteiger partial charge in [-0.3, -0.25) is 0 Å². The zero-order valence-corrected chi connectivity index (χ0v) is 7.60. The van der Waals surface area contributed by atoms with Gasteiger partial charge in [0, 0.05) is 5.56 Å². The van der Waals surface area contributed by atoms with Crippen LogP contribution in [-0.4, -0.2) is 24.1 Å². The van der Waals surface area contributed by atoms with Gasteiger partial charge in [0.1, 0.15) is 0 Å². The number of carbonyl (C=O) groups is 1. The van der Waals surface area contributed by atoms with Gasteiger partial charge in [0.05, 0.1) is 12.7 Å². The summed E-state index contributed by atoms with van der Waals surface area (Å²) in [4.78, 5) is 11.1. The lowest BCUT2D eigenvalue weighted by molar-refractivity contribution is 0.0600. The minimum absolute atomic E-state index is 0.0456. The fourth-order valence-electron chi connectivity index (χ4n) is 0.981. The van der Waals surface area contributed by atoms with Crippen LogP contribution in [0.1, 0.15) is 15.9 Å². The minimum Gasteiger partial charge on any atom is -0.465 e. The average Bonchev–Trinajstić information content (AvgIpc) is 2.27. The summed E-state index contributed by atoms with van der Waals surface area (Å²) in [5.74, 6) is -0.506. The normalized spacial score (nSPS) is 11.1. The van der Waals surface area contributed by atoms with Crippen LogP contribution in [-0.2, 0) is 4.74 Å². The molecule has 0 aromatic heterocycles. The Bertz CT molecular complexity index is 374. The Morgan fingerprint density at radius 1 is 1.50 bits per heavy atom. The van der Waals surface area contributed by atoms with Crippen LogP contribution >= 0.6 is 0 Å². The highest BCUT2D eigenvalue weighted by atomic mass is 16.5. The smallest absolute Gasteiger partial charge is 0.337 e. The first kappa shape index (κ1) is 10.0. The quantitative estimate of drug-likeness (QED) is 0.237. The van der Waals surface area contributed by atoms with Crippen molar-refractivity contribution in [3.8, 4) is 0 Å². The molecule has 5 nitrogen and oxygen atoms in total. The Labute approximate surface area is 80.8 Å². The van der Waals surface area contributed by atoms with E-state index in [0.717, 1.165) is 0 Å². The summed E-state index contributed by atoms with van der Waals surface area (Å²) in [5, 5.41) is 11.2. The van der Waals surface area contributed by atoms with Crippen LogP contribution in [0.2, 0.25) is 0 Å². The molecule has 0 fully saturated rings. The van der Waals surface area contributed by atoms with Gasteiger partial charge in [0.25, 0.3) is 0 Å². The summed E-state index contributed by atoms with van der Waals surface area (Å²) in [7, 11) is 1.29. The lowest BCUT2D eigenvalue weighted by atomic mass is 10.1. The van der Waals surface area contributed by atoms with Crippen LogP contribution in [0.15, 0.2) is 29.4 Å². The Balaban J connectivity index is 3.07. The number of esters is 1. The summed E-state index contributed by atoms with van der Waals surface area (Å²) < 4.78 is 4.52. The maximum absolute atomic E-state index is 11.1. The number of hydrogen-bond donors (Lipinski definition) is 2. The van der Waals surface area contributed by atoms with Crippen molar-refractivity contribution in [3.63, 3.8) is 0 Å². The zero-order valence-electron chi connectivity index (χ0n) is 7.60. The van der Waals surface area contributed by atoms with Gasteiger partial charge in [-0.05, 0) is 12.1 Å². The molecule has 0 saturated heterocycles. The summed E-state index contributed by atoms with van der Waals surface area (Å²) in [6.07, 6.45) is 0. The fourth-order valence-corrected chi connectivity index (χ4v) is 0.981. The van der Waals surface area contributed by atoms with Crippen molar-refractivity contribution in [2.24, 2.45) is 10.9 Å². The number of amidine groups is 1. The van der Waals surface area contributed by atoms with Gasteiger partial charge in [-0.1, -0.05) is 17.3 Å². The second kappa shape index (κ2) is 4.27. The van der Waals surface area contributed by atoms with E-state index in [1.165, 1.54) is 13.2 Å². The van der Waals surface area contributed by atoms with Crippen molar-refractivity contribution >= 4 is 11.8 Å². The van der Waals surface area contributed by atoms with Crippen LogP contribution < -0.4 is 5.73 Å². The van der Waals surface area contributed by atoms with Crippen LogP contribution in [0.3, 0.4) is 0 Å². The van der Waals surface area contributed by atoms with E-state index < -0.39 is 5.97 Å². The number of hydrogen-bond acceptors (Lipinski definition) is 4. The predicted octanol–water partition coefficient (Wildman–Crippen LogP) is 0.568. The van der Waals surface area contributed by atoms with E-state index in [4.69, 9.17) is 10.9 Å². The SMILES string of the molecule is COC(=O)c1cccc(C(N)=NO)c1. The Morgan fingerprint density at radius 3 is 2.71 bits per heavy atom. The number of oxime groups is 1. The summed E-state index contributed by atoms with van der Waals surface area (Å²) >= 11 is 0.